The van der Waals surface area contributed by atoms with Gasteiger partial charge in [0.25, 0.3) is 0 Å². The Morgan fingerprint density at radius 3 is 2.91 bits per heavy atom. The first kappa shape index (κ1) is 15.8. The first-order valence-electron chi connectivity index (χ1n) is 8.12. The number of ether oxygens (including phenoxy) is 1. The summed E-state index contributed by atoms with van der Waals surface area (Å²) in [6.45, 7) is 3.18. The number of pyridine rings is 1. The van der Waals surface area contributed by atoms with Gasteiger partial charge in [-0.25, -0.2) is 9.78 Å². The fourth-order valence-corrected chi connectivity index (χ4v) is 2.96. The Balaban J connectivity index is 1.45. The predicted molar refractivity (Wildman–Crippen MR) is 88.6 cm³/mol. The molecule has 0 radical (unpaired) electrons. The maximum atomic E-state index is 11.9. The van der Waals surface area contributed by atoms with Gasteiger partial charge in [0.1, 0.15) is 5.65 Å². The molecule has 1 aliphatic carbocycles. The summed E-state index contributed by atoms with van der Waals surface area (Å²) in [5.74, 6) is 0. The number of hydrogen-bond acceptors (Lipinski definition) is 3. The highest BCUT2D eigenvalue weighted by Crippen LogP contribution is 2.34. The summed E-state index contributed by atoms with van der Waals surface area (Å²) in [7, 11) is 1.71. The number of carbonyl (C=O) groups is 1. The molecule has 0 aliphatic heterocycles. The van der Waals surface area contributed by atoms with Crippen LogP contribution in [0.1, 0.15) is 30.5 Å². The normalized spacial score (nSPS) is 16.1. The van der Waals surface area contributed by atoms with E-state index >= 15 is 0 Å². The summed E-state index contributed by atoms with van der Waals surface area (Å²) in [6, 6.07) is 3.91. The highest BCUT2D eigenvalue weighted by atomic mass is 16.5. The Bertz CT molecular complexity index is 685. The zero-order valence-electron chi connectivity index (χ0n) is 13.8. The third kappa shape index (κ3) is 3.47. The van der Waals surface area contributed by atoms with Gasteiger partial charge in [-0.1, -0.05) is 6.07 Å². The standard InChI is InChI=1S/C17H24N4O2/c1-13-5-3-10-21-11-14(20-15(13)21)6-9-18-16(22)19-12-17(23-2)7-4-8-17/h3,5,10-11H,4,6-9,12H2,1-2H3,(H2,18,19,22). The second-order valence-electron chi connectivity index (χ2n) is 6.25. The van der Waals surface area contributed by atoms with Crippen molar-refractivity contribution in [3.8, 4) is 0 Å². The van der Waals surface area contributed by atoms with Gasteiger partial charge >= 0.3 is 6.03 Å². The molecule has 2 aromatic rings. The molecule has 0 saturated heterocycles. The predicted octanol–water partition coefficient (Wildman–Crippen LogP) is 2.05. The maximum Gasteiger partial charge on any atom is 0.314 e. The summed E-state index contributed by atoms with van der Waals surface area (Å²) in [5, 5.41) is 5.78. The summed E-state index contributed by atoms with van der Waals surface area (Å²) in [5.41, 5.74) is 2.96. The molecule has 6 heteroatoms. The van der Waals surface area contributed by atoms with Gasteiger partial charge in [-0.05, 0) is 37.8 Å². The molecule has 2 N–H and O–H groups in total. The van der Waals surface area contributed by atoms with E-state index < -0.39 is 0 Å². The summed E-state index contributed by atoms with van der Waals surface area (Å²) >= 11 is 0. The van der Waals surface area contributed by atoms with Crippen molar-refractivity contribution in [1.29, 1.82) is 0 Å². The van der Waals surface area contributed by atoms with Crippen molar-refractivity contribution >= 4 is 11.7 Å². The lowest BCUT2D eigenvalue weighted by molar-refractivity contribution is -0.0673. The monoisotopic (exact) mass is 316 g/mol. The lowest BCUT2D eigenvalue weighted by atomic mass is 9.80. The molecular weight excluding hydrogens is 292 g/mol. The van der Waals surface area contributed by atoms with Gasteiger partial charge in [0.2, 0.25) is 0 Å². The molecule has 2 amide bonds. The fourth-order valence-electron chi connectivity index (χ4n) is 2.96. The van der Waals surface area contributed by atoms with E-state index in [0.29, 0.717) is 19.5 Å². The van der Waals surface area contributed by atoms with E-state index in [9.17, 15) is 4.79 Å². The quantitative estimate of drug-likeness (QED) is 0.857. The van der Waals surface area contributed by atoms with E-state index in [-0.39, 0.29) is 11.6 Å². The van der Waals surface area contributed by atoms with Crippen LogP contribution in [0.15, 0.2) is 24.5 Å². The smallest absolute Gasteiger partial charge is 0.314 e. The van der Waals surface area contributed by atoms with Crippen molar-refractivity contribution in [2.24, 2.45) is 0 Å². The minimum atomic E-state index is -0.145. The molecule has 0 unspecified atom stereocenters. The minimum absolute atomic E-state index is 0.142. The Morgan fingerprint density at radius 2 is 2.26 bits per heavy atom. The topological polar surface area (TPSA) is 67.7 Å². The SMILES string of the molecule is COC1(CNC(=O)NCCc2cn3cccc(C)c3n2)CCC1. The number of carbonyl (C=O) groups excluding carboxylic acids is 1. The highest BCUT2D eigenvalue weighted by Gasteiger charge is 2.37. The number of imidazole rings is 1. The molecule has 3 rings (SSSR count). The van der Waals surface area contributed by atoms with Crippen molar-refractivity contribution < 1.29 is 9.53 Å². The van der Waals surface area contributed by atoms with Crippen LogP contribution >= 0.6 is 0 Å². The Kier molecular flexibility index (Phi) is 4.52. The van der Waals surface area contributed by atoms with Crippen molar-refractivity contribution in [1.82, 2.24) is 20.0 Å². The van der Waals surface area contributed by atoms with E-state index in [1.165, 1.54) is 6.42 Å². The molecule has 6 nitrogen and oxygen atoms in total. The molecule has 0 atom stereocenters. The third-order valence-electron chi connectivity index (χ3n) is 4.66. The molecule has 2 heterocycles. The van der Waals surface area contributed by atoms with E-state index in [4.69, 9.17) is 4.74 Å². The Morgan fingerprint density at radius 1 is 1.43 bits per heavy atom. The van der Waals surface area contributed by atoms with E-state index in [1.54, 1.807) is 7.11 Å². The average Bonchev–Trinajstić information content (AvgIpc) is 2.91. The lowest BCUT2D eigenvalue weighted by Crippen LogP contribution is -2.51. The largest absolute Gasteiger partial charge is 0.376 e. The van der Waals surface area contributed by atoms with Crippen molar-refractivity contribution in [2.45, 2.75) is 38.2 Å². The maximum absolute atomic E-state index is 11.9. The van der Waals surface area contributed by atoms with Crippen LogP contribution in [0.2, 0.25) is 0 Å². The molecule has 0 bridgehead atoms. The number of hydrogen-bond donors (Lipinski definition) is 2. The molecule has 2 aromatic heterocycles. The van der Waals surface area contributed by atoms with Crippen LogP contribution in [-0.4, -0.2) is 41.2 Å². The molecule has 23 heavy (non-hydrogen) atoms. The lowest BCUT2D eigenvalue weighted by Gasteiger charge is -2.40. The number of amides is 2. The van der Waals surface area contributed by atoms with Crippen LogP contribution in [0.5, 0.6) is 0 Å². The van der Waals surface area contributed by atoms with Gasteiger partial charge in [-0.15, -0.1) is 0 Å². The summed E-state index contributed by atoms with van der Waals surface area (Å²) in [4.78, 5) is 16.5. The van der Waals surface area contributed by atoms with Crippen LogP contribution in [-0.2, 0) is 11.2 Å². The van der Waals surface area contributed by atoms with E-state index in [2.05, 4.69) is 15.6 Å². The molecule has 0 spiro atoms. The Hall–Kier alpha value is -2.08. The van der Waals surface area contributed by atoms with Crippen LogP contribution < -0.4 is 10.6 Å². The number of fused-ring (bicyclic) bond motifs is 1. The molecule has 1 saturated carbocycles. The van der Waals surface area contributed by atoms with Crippen molar-refractivity contribution in [3.05, 3.63) is 35.8 Å². The zero-order chi connectivity index (χ0) is 16.3. The van der Waals surface area contributed by atoms with Gasteiger partial charge in [-0.3, -0.25) is 0 Å². The Labute approximate surface area is 136 Å². The van der Waals surface area contributed by atoms with Crippen LogP contribution in [0, 0.1) is 6.92 Å². The highest BCUT2D eigenvalue weighted by molar-refractivity contribution is 5.73. The summed E-state index contributed by atoms with van der Waals surface area (Å²) < 4.78 is 7.51. The van der Waals surface area contributed by atoms with E-state index in [0.717, 1.165) is 29.7 Å². The van der Waals surface area contributed by atoms with Crippen molar-refractivity contribution in [3.63, 3.8) is 0 Å². The molecule has 0 aromatic carbocycles. The molecule has 1 fully saturated rings. The van der Waals surface area contributed by atoms with Gasteiger partial charge in [0.15, 0.2) is 0 Å². The van der Waals surface area contributed by atoms with Gasteiger partial charge in [0.05, 0.1) is 11.3 Å². The number of nitrogens with zero attached hydrogens (tertiary/aromatic N) is 2. The first-order chi connectivity index (χ1) is 11.1. The fraction of sp³-hybridized carbons (Fsp3) is 0.529. The third-order valence-corrected chi connectivity index (χ3v) is 4.66. The summed E-state index contributed by atoms with van der Waals surface area (Å²) in [6.07, 6.45) is 7.92. The number of nitrogens with one attached hydrogen (secondary N) is 2. The van der Waals surface area contributed by atoms with E-state index in [1.807, 2.05) is 35.9 Å². The number of rotatable bonds is 6. The van der Waals surface area contributed by atoms with Crippen LogP contribution in [0.3, 0.4) is 0 Å². The number of methoxy groups -OCH3 is 1. The zero-order valence-corrected chi connectivity index (χ0v) is 13.8. The van der Waals surface area contributed by atoms with Gasteiger partial charge < -0.3 is 19.8 Å². The minimum Gasteiger partial charge on any atom is -0.376 e. The average molecular weight is 316 g/mol. The second-order valence-corrected chi connectivity index (χ2v) is 6.25. The van der Waals surface area contributed by atoms with Crippen molar-refractivity contribution in [2.75, 3.05) is 20.2 Å². The second kappa shape index (κ2) is 6.58. The van der Waals surface area contributed by atoms with Crippen LogP contribution in [0.25, 0.3) is 5.65 Å². The van der Waals surface area contributed by atoms with Gasteiger partial charge in [0, 0.05) is 39.0 Å². The molecular formula is C17H24N4O2. The molecule has 124 valence electrons. The number of urea groups is 1. The first-order valence-corrected chi connectivity index (χ1v) is 8.12. The van der Waals surface area contributed by atoms with Gasteiger partial charge in [-0.2, -0.15) is 0 Å². The molecule has 1 aliphatic rings. The number of aryl methyl sites for hydroxylation is 1. The number of aromatic nitrogens is 2. The van der Waals surface area contributed by atoms with Crippen LogP contribution in [0.4, 0.5) is 4.79 Å².